The van der Waals surface area contributed by atoms with Crippen LogP contribution in [0.5, 0.6) is 0 Å². The molecule has 0 aliphatic carbocycles. The minimum atomic E-state index is -0.0694. The zero-order valence-electron chi connectivity index (χ0n) is 49.6. The highest BCUT2D eigenvalue weighted by Gasteiger charge is 2.31. The predicted molar refractivity (Wildman–Crippen MR) is 346 cm³/mol. The highest BCUT2D eigenvalue weighted by Crippen LogP contribution is 2.54. The molecule has 4 heteroatoms. The first kappa shape index (κ1) is 51.4. The summed E-state index contributed by atoms with van der Waals surface area (Å²) in [6.07, 6.45) is 0. The summed E-state index contributed by atoms with van der Waals surface area (Å²) in [7, 11) is 0. The van der Waals surface area contributed by atoms with Gasteiger partial charge in [0, 0.05) is 77.6 Å². The molecule has 0 fully saturated rings. The lowest BCUT2D eigenvalue weighted by molar-refractivity contribution is 0.590. The van der Waals surface area contributed by atoms with Crippen molar-refractivity contribution in [3.8, 4) is 0 Å². The zero-order chi connectivity index (χ0) is 56.2. The van der Waals surface area contributed by atoms with Crippen molar-refractivity contribution in [3.63, 3.8) is 0 Å². The fourth-order valence-corrected chi connectivity index (χ4v) is 12.6. The van der Waals surface area contributed by atoms with Crippen LogP contribution in [-0.4, -0.2) is 4.40 Å². The summed E-state index contributed by atoms with van der Waals surface area (Å²) in [5.41, 5.74) is 18.7. The first-order valence-electron chi connectivity index (χ1n) is 28.8. The van der Waals surface area contributed by atoms with Gasteiger partial charge in [0.1, 0.15) is 11.2 Å². The van der Waals surface area contributed by atoms with Crippen molar-refractivity contribution in [2.75, 3.05) is 9.80 Å². The van der Waals surface area contributed by atoms with Crippen LogP contribution in [0.15, 0.2) is 186 Å². The summed E-state index contributed by atoms with van der Waals surface area (Å²) in [6.45, 7) is 34.4. The lowest BCUT2D eigenvalue weighted by atomic mass is 9.85. The van der Waals surface area contributed by atoms with Crippen LogP contribution in [0.25, 0.3) is 81.6 Å². The number of nitrogens with zero attached hydrogens (tertiary/aromatic N) is 3. The molecule has 80 heavy (non-hydrogen) atoms. The maximum absolute atomic E-state index is 7.12. The molecule has 0 amide bonds. The number of benzene rings is 10. The normalized spacial score (nSPS) is 13.2. The Morgan fingerprint density at radius 3 is 1.24 bits per heavy atom. The van der Waals surface area contributed by atoms with Crippen molar-refractivity contribution in [3.05, 3.63) is 210 Å². The van der Waals surface area contributed by atoms with Gasteiger partial charge in [0.2, 0.25) is 0 Å². The first-order valence-corrected chi connectivity index (χ1v) is 28.8. The van der Waals surface area contributed by atoms with Gasteiger partial charge in [-0.3, -0.25) is 0 Å². The van der Waals surface area contributed by atoms with Crippen molar-refractivity contribution < 1.29 is 4.42 Å². The smallest absolute Gasteiger partial charge is 0.137 e. The second-order valence-electron chi connectivity index (χ2n) is 28.0. The van der Waals surface area contributed by atoms with Crippen molar-refractivity contribution in [2.24, 2.45) is 0 Å². The van der Waals surface area contributed by atoms with E-state index in [9.17, 15) is 0 Å². The van der Waals surface area contributed by atoms with Gasteiger partial charge in [-0.15, -0.1) is 0 Å². The molecule has 0 aliphatic heterocycles. The Morgan fingerprint density at radius 2 is 0.738 bits per heavy atom. The van der Waals surface area contributed by atoms with E-state index in [1.165, 1.54) is 93.1 Å². The minimum absolute atomic E-state index is 0.0141. The lowest BCUT2D eigenvalue weighted by Gasteiger charge is -2.30. The van der Waals surface area contributed by atoms with E-state index in [4.69, 9.17) is 4.42 Å². The van der Waals surface area contributed by atoms with Crippen molar-refractivity contribution >= 4 is 116 Å². The van der Waals surface area contributed by atoms with Gasteiger partial charge in [-0.1, -0.05) is 195 Å². The molecule has 13 rings (SSSR count). The van der Waals surface area contributed by atoms with Crippen LogP contribution in [0.4, 0.5) is 34.1 Å². The number of anilines is 6. The molecule has 0 aliphatic rings. The number of rotatable bonds is 6. The lowest BCUT2D eigenvalue weighted by Crippen LogP contribution is -2.15. The molecule has 0 radical (unpaired) electrons. The van der Waals surface area contributed by atoms with Crippen LogP contribution < -0.4 is 9.80 Å². The molecule has 3 heterocycles. The number of furan rings is 1. The standard InChI is InChI=1S/C76H75N3O/c1-72(2,3)47-21-30-52(31-22-47)77(53-32-23-48(24-33-53)73(4,5)6)56-38-40-57-62-42-46-20-39-60-67-58-18-16-17-19-59(58)70(78(54-34-25-49(26-35-54)74(7,8)9)55-36-27-50(28-37-55)75(10,11)12)68-63-43-51(76(13,14)15)29-41-64(63)79(71(67)68)69(60)61(46)45-66(62)80-65(57)44-56/h16-45H,1-15H3. The molecule has 4 nitrogen and oxygen atoms in total. The number of hydrogen-bond donors (Lipinski definition) is 0. The molecule has 400 valence electrons. The van der Waals surface area contributed by atoms with Gasteiger partial charge in [0.15, 0.2) is 0 Å². The van der Waals surface area contributed by atoms with Crippen LogP contribution in [-0.2, 0) is 27.1 Å². The fraction of sp³-hybridized carbons (Fsp3) is 0.263. The average Bonchev–Trinajstić information content (AvgIpc) is 4.12. The van der Waals surface area contributed by atoms with E-state index in [1.54, 1.807) is 0 Å². The summed E-state index contributed by atoms with van der Waals surface area (Å²) in [5.74, 6) is 0. The molecule has 0 N–H and O–H groups in total. The van der Waals surface area contributed by atoms with Crippen LogP contribution in [0.2, 0.25) is 0 Å². The molecule has 13 aromatic rings. The summed E-state index contributed by atoms with van der Waals surface area (Å²) in [5, 5.41) is 12.0. The highest BCUT2D eigenvalue weighted by molar-refractivity contribution is 6.38. The van der Waals surface area contributed by atoms with Gasteiger partial charge < -0.3 is 18.6 Å². The maximum atomic E-state index is 7.12. The maximum Gasteiger partial charge on any atom is 0.137 e. The average molecular weight is 1050 g/mol. The van der Waals surface area contributed by atoms with E-state index in [2.05, 4.69) is 300 Å². The molecular weight excluding hydrogens is 971 g/mol. The van der Waals surface area contributed by atoms with Gasteiger partial charge in [0.25, 0.3) is 0 Å². The third-order valence-corrected chi connectivity index (χ3v) is 17.3. The molecule has 0 atom stereocenters. The van der Waals surface area contributed by atoms with Gasteiger partial charge in [0.05, 0.1) is 22.2 Å². The molecule has 0 unspecified atom stereocenters. The fourth-order valence-electron chi connectivity index (χ4n) is 12.6. The summed E-state index contributed by atoms with van der Waals surface area (Å²) in [6, 6.07) is 69.3. The van der Waals surface area contributed by atoms with Crippen molar-refractivity contribution in [1.29, 1.82) is 0 Å². The molecule has 0 saturated carbocycles. The van der Waals surface area contributed by atoms with Crippen LogP contribution in [0, 0.1) is 0 Å². The van der Waals surface area contributed by atoms with E-state index in [-0.39, 0.29) is 27.1 Å². The predicted octanol–water partition coefficient (Wildman–Crippen LogP) is 22.5. The first-order chi connectivity index (χ1) is 37.8. The third-order valence-electron chi connectivity index (χ3n) is 17.3. The Morgan fingerprint density at radius 1 is 0.300 bits per heavy atom. The van der Waals surface area contributed by atoms with Crippen molar-refractivity contribution in [1.82, 2.24) is 4.40 Å². The largest absolute Gasteiger partial charge is 0.456 e. The van der Waals surface area contributed by atoms with Gasteiger partial charge in [-0.2, -0.15) is 0 Å². The Labute approximate surface area is 472 Å². The molecule has 0 saturated heterocycles. The van der Waals surface area contributed by atoms with Gasteiger partial charge >= 0.3 is 0 Å². The van der Waals surface area contributed by atoms with E-state index in [0.29, 0.717) is 0 Å². The van der Waals surface area contributed by atoms with Gasteiger partial charge in [-0.25, -0.2) is 0 Å². The van der Waals surface area contributed by atoms with Crippen LogP contribution in [0.3, 0.4) is 0 Å². The Balaban J connectivity index is 1.07. The molecule has 0 bridgehead atoms. The monoisotopic (exact) mass is 1050 g/mol. The summed E-state index contributed by atoms with van der Waals surface area (Å²) < 4.78 is 9.72. The number of aromatic nitrogens is 1. The number of fused-ring (bicyclic) bond motifs is 13. The quantitative estimate of drug-likeness (QED) is 0.166. The third kappa shape index (κ3) is 8.31. The van der Waals surface area contributed by atoms with E-state index < -0.39 is 0 Å². The molecule has 3 aromatic heterocycles. The second-order valence-corrected chi connectivity index (χ2v) is 28.0. The van der Waals surface area contributed by atoms with E-state index in [1.807, 2.05) is 0 Å². The highest BCUT2D eigenvalue weighted by atomic mass is 16.3. The Bertz CT molecular complexity index is 4440. The van der Waals surface area contributed by atoms with Crippen LogP contribution >= 0.6 is 0 Å². The Hall–Kier alpha value is -8.08. The van der Waals surface area contributed by atoms with Crippen LogP contribution in [0.1, 0.15) is 132 Å². The Kier molecular flexibility index (Phi) is 11.4. The summed E-state index contributed by atoms with van der Waals surface area (Å²) >= 11 is 0. The zero-order valence-corrected chi connectivity index (χ0v) is 49.6. The van der Waals surface area contributed by atoms with E-state index >= 15 is 0 Å². The minimum Gasteiger partial charge on any atom is -0.456 e. The summed E-state index contributed by atoms with van der Waals surface area (Å²) in [4.78, 5) is 4.91. The second kappa shape index (κ2) is 17.7. The van der Waals surface area contributed by atoms with Crippen molar-refractivity contribution in [2.45, 2.75) is 131 Å². The van der Waals surface area contributed by atoms with E-state index in [0.717, 1.165) is 50.4 Å². The number of hydrogen-bond acceptors (Lipinski definition) is 3. The SMILES string of the molecule is CC(C)(C)c1ccc(N(c2ccc(C(C)(C)C)cc2)c2ccc3c(c2)oc2cc4c(ccc5c6c7ccccc7c(N(c7ccc(C(C)(C)C)cc7)c7ccc(C(C)(C)C)cc7)c7c8cc(C(C)(C)C)ccc8n(c45)c76)cc23)cc1. The topological polar surface area (TPSA) is 24.0 Å². The molecular formula is C76H75N3O. The molecule has 10 aromatic carbocycles. The molecule has 0 spiro atoms. The van der Waals surface area contributed by atoms with Gasteiger partial charge in [-0.05, 0) is 151 Å².